The average Bonchev–Trinajstić information content (AvgIpc) is 2.14. The smallest absolute Gasteiger partial charge is 0.0234 e. The van der Waals surface area contributed by atoms with Crippen molar-refractivity contribution in [1.82, 2.24) is 0 Å². The minimum atomic E-state index is 0.838. The summed E-state index contributed by atoms with van der Waals surface area (Å²) in [7, 11) is 0. The minimum Gasteiger partial charge on any atom is -0.103 e. The third-order valence-corrected chi connectivity index (χ3v) is 2.07. The Balaban J connectivity index is 2.32. The van der Waals surface area contributed by atoms with Gasteiger partial charge in [0, 0.05) is 0 Å². The highest BCUT2D eigenvalue weighted by molar-refractivity contribution is 4.85. The predicted molar refractivity (Wildman–Crippen MR) is 36.7 cm³/mol. The molecule has 1 aliphatic carbocycles. The highest BCUT2D eigenvalue weighted by Gasteiger charge is 2.17. The van der Waals surface area contributed by atoms with Crippen molar-refractivity contribution in [1.29, 1.82) is 0 Å². The molecule has 0 aromatic rings. The second kappa shape index (κ2) is 2.34. The summed E-state index contributed by atoms with van der Waals surface area (Å²) >= 11 is 0. The zero-order valence-electron chi connectivity index (χ0n) is 5.56. The van der Waals surface area contributed by atoms with Crippen molar-refractivity contribution in [3.63, 3.8) is 0 Å². The number of rotatable bonds is 1. The molecule has 0 bridgehead atoms. The highest BCUT2D eigenvalue weighted by atomic mass is 14.2. The van der Waals surface area contributed by atoms with Crippen LogP contribution in [0.3, 0.4) is 0 Å². The Labute approximate surface area is 51.6 Å². The Morgan fingerprint density at radius 3 is 2.50 bits per heavy atom. The summed E-state index contributed by atoms with van der Waals surface area (Å²) in [5.74, 6) is 1.79. The van der Waals surface area contributed by atoms with Gasteiger partial charge in [-0.2, -0.15) is 0 Å². The van der Waals surface area contributed by atoms with E-state index in [4.69, 9.17) is 0 Å². The normalized spacial score (nSPS) is 37.6. The summed E-state index contributed by atoms with van der Waals surface area (Å²) in [5.41, 5.74) is 0. The minimum absolute atomic E-state index is 0.838. The number of hydrogen-bond donors (Lipinski definition) is 0. The van der Waals surface area contributed by atoms with Gasteiger partial charge in [-0.05, 0) is 24.7 Å². The molecule has 46 valence electrons. The molecule has 1 saturated carbocycles. The van der Waals surface area contributed by atoms with Gasteiger partial charge in [-0.25, -0.2) is 0 Å². The molecule has 0 saturated heterocycles. The van der Waals surface area contributed by atoms with Crippen LogP contribution >= 0.6 is 0 Å². The maximum atomic E-state index is 3.78. The van der Waals surface area contributed by atoms with E-state index < -0.39 is 0 Å². The molecule has 0 amide bonds. The van der Waals surface area contributed by atoms with Gasteiger partial charge >= 0.3 is 0 Å². The highest BCUT2D eigenvalue weighted by Crippen LogP contribution is 2.30. The van der Waals surface area contributed by atoms with Crippen LogP contribution in [-0.4, -0.2) is 0 Å². The standard InChI is InChI=1S/C8H14/c1-3-8-5-4-7(2)6-8/h3,7-8H,1,4-6H2,2H3. The fourth-order valence-corrected chi connectivity index (χ4v) is 1.47. The zero-order valence-corrected chi connectivity index (χ0v) is 5.56. The molecule has 8 heavy (non-hydrogen) atoms. The monoisotopic (exact) mass is 110 g/mol. The molecule has 0 heteroatoms. The van der Waals surface area contributed by atoms with Gasteiger partial charge in [-0.1, -0.05) is 19.4 Å². The summed E-state index contributed by atoms with van der Waals surface area (Å²) in [6, 6.07) is 0. The topological polar surface area (TPSA) is 0 Å². The van der Waals surface area contributed by atoms with E-state index >= 15 is 0 Å². The fraction of sp³-hybridized carbons (Fsp3) is 0.750. The summed E-state index contributed by atoms with van der Waals surface area (Å²) < 4.78 is 0. The number of allylic oxidation sites excluding steroid dienone is 1. The molecule has 0 aliphatic heterocycles. The van der Waals surface area contributed by atoms with Gasteiger partial charge in [-0.15, -0.1) is 6.58 Å². The second-order valence-electron chi connectivity index (χ2n) is 2.91. The molecule has 2 unspecified atom stereocenters. The molecule has 1 fully saturated rings. The van der Waals surface area contributed by atoms with E-state index in [2.05, 4.69) is 19.6 Å². The van der Waals surface area contributed by atoms with E-state index in [0.29, 0.717) is 0 Å². The molecular formula is C8H14. The SMILES string of the molecule is C=CC1CCC(C)C1. The molecule has 1 aliphatic rings. The Bertz CT molecular complexity index is 84.0. The third-order valence-electron chi connectivity index (χ3n) is 2.07. The second-order valence-corrected chi connectivity index (χ2v) is 2.91. The molecule has 0 aromatic carbocycles. The Morgan fingerprint density at radius 2 is 2.25 bits per heavy atom. The summed E-state index contributed by atoms with van der Waals surface area (Å²) in [5, 5.41) is 0. The van der Waals surface area contributed by atoms with Crippen LogP contribution in [0, 0.1) is 11.8 Å². The van der Waals surface area contributed by atoms with Crippen LogP contribution in [0.4, 0.5) is 0 Å². The molecule has 0 nitrogen and oxygen atoms in total. The average molecular weight is 110 g/mol. The lowest BCUT2D eigenvalue weighted by Crippen LogP contribution is -1.86. The lowest BCUT2D eigenvalue weighted by molar-refractivity contribution is 0.586. The van der Waals surface area contributed by atoms with Gasteiger partial charge in [0.1, 0.15) is 0 Å². The first-order valence-corrected chi connectivity index (χ1v) is 3.45. The Morgan fingerprint density at radius 1 is 1.50 bits per heavy atom. The Hall–Kier alpha value is -0.260. The van der Waals surface area contributed by atoms with Crippen LogP contribution in [0.2, 0.25) is 0 Å². The molecule has 0 aromatic heterocycles. The summed E-state index contributed by atoms with van der Waals surface area (Å²) in [4.78, 5) is 0. The van der Waals surface area contributed by atoms with Gasteiger partial charge in [0.2, 0.25) is 0 Å². The van der Waals surface area contributed by atoms with Crippen molar-refractivity contribution < 1.29 is 0 Å². The van der Waals surface area contributed by atoms with Crippen LogP contribution in [0.15, 0.2) is 12.7 Å². The lowest BCUT2D eigenvalue weighted by atomic mass is 10.1. The van der Waals surface area contributed by atoms with Crippen LogP contribution in [0.5, 0.6) is 0 Å². The van der Waals surface area contributed by atoms with Crippen molar-refractivity contribution in [2.24, 2.45) is 11.8 Å². The van der Waals surface area contributed by atoms with E-state index in [9.17, 15) is 0 Å². The maximum absolute atomic E-state index is 3.78. The summed E-state index contributed by atoms with van der Waals surface area (Å²) in [6.45, 7) is 6.10. The van der Waals surface area contributed by atoms with Crippen molar-refractivity contribution in [3.05, 3.63) is 12.7 Å². The van der Waals surface area contributed by atoms with Gasteiger partial charge < -0.3 is 0 Å². The van der Waals surface area contributed by atoms with E-state index in [1.807, 2.05) is 0 Å². The predicted octanol–water partition coefficient (Wildman–Crippen LogP) is 2.61. The number of hydrogen-bond acceptors (Lipinski definition) is 0. The third kappa shape index (κ3) is 1.12. The largest absolute Gasteiger partial charge is 0.103 e. The van der Waals surface area contributed by atoms with Crippen LogP contribution < -0.4 is 0 Å². The van der Waals surface area contributed by atoms with Crippen molar-refractivity contribution in [3.8, 4) is 0 Å². The van der Waals surface area contributed by atoms with E-state index in [-0.39, 0.29) is 0 Å². The van der Waals surface area contributed by atoms with Gasteiger partial charge in [-0.3, -0.25) is 0 Å². The molecule has 0 N–H and O–H groups in total. The van der Waals surface area contributed by atoms with Crippen LogP contribution in [0.1, 0.15) is 26.2 Å². The van der Waals surface area contributed by atoms with Crippen LogP contribution in [-0.2, 0) is 0 Å². The first-order chi connectivity index (χ1) is 3.83. The Kier molecular flexibility index (Phi) is 1.72. The van der Waals surface area contributed by atoms with Crippen molar-refractivity contribution in [2.75, 3.05) is 0 Å². The molecule has 2 atom stereocenters. The lowest BCUT2D eigenvalue weighted by Gasteiger charge is -1.98. The summed E-state index contributed by atoms with van der Waals surface area (Å²) in [6.07, 6.45) is 6.27. The maximum Gasteiger partial charge on any atom is -0.0234 e. The molecule has 0 radical (unpaired) electrons. The first-order valence-electron chi connectivity index (χ1n) is 3.45. The molecular weight excluding hydrogens is 96.1 g/mol. The van der Waals surface area contributed by atoms with E-state index in [1.54, 1.807) is 0 Å². The van der Waals surface area contributed by atoms with Gasteiger partial charge in [0.05, 0.1) is 0 Å². The van der Waals surface area contributed by atoms with Gasteiger partial charge in [0.25, 0.3) is 0 Å². The fourth-order valence-electron chi connectivity index (χ4n) is 1.47. The van der Waals surface area contributed by atoms with Crippen molar-refractivity contribution >= 4 is 0 Å². The van der Waals surface area contributed by atoms with Crippen LogP contribution in [0.25, 0.3) is 0 Å². The van der Waals surface area contributed by atoms with Crippen molar-refractivity contribution in [2.45, 2.75) is 26.2 Å². The van der Waals surface area contributed by atoms with E-state index in [0.717, 1.165) is 11.8 Å². The van der Waals surface area contributed by atoms with Gasteiger partial charge in [0.15, 0.2) is 0 Å². The van der Waals surface area contributed by atoms with E-state index in [1.165, 1.54) is 19.3 Å². The molecule has 0 spiro atoms. The molecule has 1 rings (SSSR count). The molecule has 0 heterocycles. The quantitative estimate of drug-likeness (QED) is 0.455. The first kappa shape index (κ1) is 5.87. The zero-order chi connectivity index (χ0) is 5.98.